The van der Waals surface area contributed by atoms with Crippen LogP contribution in [0.1, 0.15) is 44.6 Å². The summed E-state index contributed by atoms with van der Waals surface area (Å²) in [6.45, 7) is 6.14. The van der Waals surface area contributed by atoms with Crippen molar-refractivity contribution in [3.05, 3.63) is 29.8 Å². The van der Waals surface area contributed by atoms with Gasteiger partial charge >= 0.3 is 0 Å². The molecule has 0 aromatic heterocycles. The van der Waals surface area contributed by atoms with Crippen molar-refractivity contribution in [2.24, 2.45) is 4.99 Å². The van der Waals surface area contributed by atoms with Gasteiger partial charge in [-0.3, -0.25) is 0 Å². The number of piperidine rings is 1. The summed E-state index contributed by atoms with van der Waals surface area (Å²) in [4.78, 5) is 4.97. The molecule has 0 amide bonds. The zero-order chi connectivity index (χ0) is 19.8. The molecule has 1 aromatic rings. The van der Waals surface area contributed by atoms with Crippen molar-refractivity contribution in [2.75, 3.05) is 32.8 Å². The Labute approximate surface area is 168 Å². The van der Waals surface area contributed by atoms with Crippen molar-refractivity contribution < 1.29 is 13.2 Å². The lowest BCUT2D eigenvalue weighted by Gasteiger charge is -2.25. The summed E-state index contributed by atoms with van der Waals surface area (Å²) < 4.78 is 32.7. The molecule has 0 spiro atoms. The topological polar surface area (TPSA) is 83.0 Å². The molecule has 1 unspecified atom stereocenters. The summed E-state index contributed by atoms with van der Waals surface area (Å²) in [5.74, 6) is 0.753. The third-order valence-electron chi connectivity index (χ3n) is 5.16. The average molecular weight is 409 g/mol. The lowest BCUT2D eigenvalue weighted by Crippen LogP contribution is -2.41. The average Bonchev–Trinajstić information content (AvgIpc) is 3.25. The smallest absolute Gasteiger partial charge is 0.243 e. The van der Waals surface area contributed by atoms with Gasteiger partial charge in [0.1, 0.15) is 0 Å². The minimum Gasteiger partial charge on any atom is -0.376 e. The molecular formula is C20H32N4O3S. The van der Waals surface area contributed by atoms with E-state index in [4.69, 9.17) is 4.74 Å². The molecule has 0 saturated carbocycles. The van der Waals surface area contributed by atoms with Crippen LogP contribution in [0, 0.1) is 0 Å². The molecule has 2 fully saturated rings. The third kappa shape index (κ3) is 5.68. The Kier molecular flexibility index (Phi) is 7.70. The van der Waals surface area contributed by atoms with Gasteiger partial charge in [0.15, 0.2) is 5.96 Å². The lowest BCUT2D eigenvalue weighted by molar-refractivity contribution is 0.114. The highest BCUT2D eigenvalue weighted by atomic mass is 32.2. The van der Waals surface area contributed by atoms with Gasteiger partial charge in [-0.05, 0) is 50.3 Å². The number of nitrogens with zero attached hydrogens (tertiary/aromatic N) is 2. The van der Waals surface area contributed by atoms with Gasteiger partial charge in [-0.1, -0.05) is 18.6 Å². The number of benzene rings is 1. The van der Waals surface area contributed by atoms with Crippen LogP contribution in [0.3, 0.4) is 0 Å². The fourth-order valence-electron chi connectivity index (χ4n) is 3.55. The zero-order valence-corrected chi connectivity index (χ0v) is 17.5. The Balaban J connectivity index is 1.59. The van der Waals surface area contributed by atoms with Gasteiger partial charge in [0, 0.05) is 32.8 Å². The molecule has 7 nitrogen and oxygen atoms in total. The number of sulfonamides is 1. The maximum absolute atomic E-state index is 12.7. The first kappa shape index (κ1) is 21.1. The molecular weight excluding hydrogens is 376 g/mol. The van der Waals surface area contributed by atoms with Crippen molar-refractivity contribution >= 4 is 16.0 Å². The van der Waals surface area contributed by atoms with Crippen LogP contribution in [-0.4, -0.2) is 57.6 Å². The summed E-state index contributed by atoms with van der Waals surface area (Å²) >= 11 is 0. The number of nitrogens with one attached hydrogen (secondary N) is 2. The molecule has 3 rings (SSSR count). The minimum absolute atomic E-state index is 0.253. The van der Waals surface area contributed by atoms with E-state index >= 15 is 0 Å². The van der Waals surface area contributed by atoms with Crippen LogP contribution < -0.4 is 10.6 Å². The van der Waals surface area contributed by atoms with E-state index in [1.807, 2.05) is 19.1 Å². The van der Waals surface area contributed by atoms with Crippen LogP contribution in [0.25, 0.3) is 0 Å². The van der Waals surface area contributed by atoms with Crippen LogP contribution in [0.15, 0.2) is 34.2 Å². The van der Waals surface area contributed by atoms with E-state index in [9.17, 15) is 8.42 Å². The summed E-state index contributed by atoms with van der Waals surface area (Å²) in [6.07, 6.45) is 5.45. The van der Waals surface area contributed by atoms with Crippen molar-refractivity contribution in [1.82, 2.24) is 14.9 Å². The van der Waals surface area contributed by atoms with Crippen LogP contribution in [-0.2, 0) is 21.3 Å². The lowest BCUT2D eigenvalue weighted by atomic mass is 10.2. The van der Waals surface area contributed by atoms with E-state index in [0.29, 0.717) is 24.5 Å². The van der Waals surface area contributed by atoms with E-state index < -0.39 is 10.0 Å². The van der Waals surface area contributed by atoms with Gasteiger partial charge in [0.25, 0.3) is 0 Å². The normalized spacial score (nSPS) is 21.6. The Bertz CT molecular complexity index is 737. The van der Waals surface area contributed by atoms with Gasteiger partial charge in [0.2, 0.25) is 10.0 Å². The molecule has 1 atom stereocenters. The van der Waals surface area contributed by atoms with Gasteiger partial charge in [-0.15, -0.1) is 0 Å². The Morgan fingerprint density at radius 2 is 1.89 bits per heavy atom. The number of guanidine groups is 1. The summed E-state index contributed by atoms with van der Waals surface area (Å²) in [7, 11) is -3.38. The monoisotopic (exact) mass is 408 g/mol. The van der Waals surface area contributed by atoms with E-state index in [1.165, 1.54) is 0 Å². The highest BCUT2D eigenvalue weighted by Crippen LogP contribution is 2.21. The van der Waals surface area contributed by atoms with Gasteiger partial charge < -0.3 is 15.4 Å². The molecule has 2 heterocycles. The zero-order valence-electron chi connectivity index (χ0n) is 16.7. The number of aliphatic imine (C=N–C) groups is 1. The molecule has 1 aromatic carbocycles. The SMILES string of the molecule is CCNC(=NCc1ccc(S(=O)(=O)N2CCCCC2)cc1)NCC1CCCO1. The number of rotatable bonds is 7. The van der Waals surface area contributed by atoms with Crippen molar-refractivity contribution in [1.29, 1.82) is 0 Å². The van der Waals surface area contributed by atoms with Gasteiger partial charge in [-0.2, -0.15) is 4.31 Å². The molecule has 2 aliphatic heterocycles. The highest BCUT2D eigenvalue weighted by molar-refractivity contribution is 7.89. The van der Waals surface area contributed by atoms with Gasteiger partial charge in [0.05, 0.1) is 17.5 Å². The first-order valence-corrected chi connectivity index (χ1v) is 11.8. The van der Waals surface area contributed by atoms with E-state index in [1.54, 1.807) is 16.4 Å². The maximum Gasteiger partial charge on any atom is 0.243 e. The Morgan fingerprint density at radius 3 is 2.54 bits per heavy atom. The van der Waals surface area contributed by atoms with Crippen LogP contribution in [0.4, 0.5) is 0 Å². The fraction of sp³-hybridized carbons (Fsp3) is 0.650. The second-order valence-corrected chi connectivity index (χ2v) is 9.26. The summed E-state index contributed by atoms with van der Waals surface area (Å²) in [5.41, 5.74) is 0.979. The Morgan fingerprint density at radius 1 is 1.14 bits per heavy atom. The Hall–Kier alpha value is -1.64. The number of ether oxygens (including phenoxy) is 1. The standard InChI is InChI=1S/C20H32N4O3S/c1-2-21-20(23-16-18-7-6-14-27-18)22-15-17-8-10-19(11-9-17)28(25,26)24-12-4-3-5-13-24/h8-11,18H,2-7,12-16H2,1H3,(H2,21,22,23). The molecule has 0 radical (unpaired) electrons. The summed E-state index contributed by atoms with van der Waals surface area (Å²) in [6, 6.07) is 7.09. The molecule has 0 bridgehead atoms. The van der Waals surface area contributed by atoms with E-state index in [-0.39, 0.29) is 6.10 Å². The van der Waals surface area contributed by atoms with E-state index in [0.717, 1.165) is 63.3 Å². The van der Waals surface area contributed by atoms with Crippen molar-refractivity contribution in [2.45, 2.75) is 56.6 Å². The van der Waals surface area contributed by atoms with Gasteiger partial charge in [-0.25, -0.2) is 13.4 Å². The third-order valence-corrected chi connectivity index (χ3v) is 7.07. The molecule has 2 saturated heterocycles. The second-order valence-electron chi connectivity index (χ2n) is 7.32. The van der Waals surface area contributed by atoms with Crippen LogP contribution >= 0.6 is 0 Å². The first-order chi connectivity index (χ1) is 13.6. The number of hydrogen-bond acceptors (Lipinski definition) is 4. The molecule has 2 aliphatic rings. The predicted molar refractivity (Wildman–Crippen MR) is 111 cm³/mol. The maximum atomic E-state index is 12.7. The molecule has 28 heavy (non-hydrogen) atoms. The van der Waals surface area contributed by atoms with E-state index in [2.05, 4.69) is 15.6 Å². The molecule has 2 N–H and O–H groups in total. The van der Waals surface area contributed by atoms with Crippen LogP contribution in [0.2, 0.25) is 0 Å². The predicted octanol–water partition coefficient (Wildman–Crippen LogP) is 2.10. The minimum atomic E-state index is -3.38. The highest BCUT2D eigenvalue weighted by Gasteiger charge is 2.25. The van der Waals surface area contributed by atoms with Crippen molar-refractivity contribution in [3.63, 3.8) is 0 Å². The fourth-order valence-corrected chi connectivity index (χ4v) is 5.07. The molecule has 156 valence electrons. The first-order valence-electron chi connectivity index (χ1n) is 10.3. The summed E-state index contributed by atoms with van der Waals surface area (Å²) in [5, 5.41) is 6.56. The van der Waals surface area contributed by atoms with Crippen molar-refractivity contribution in [3.8, 4) is 0 Å². The molecule has 0 aliphatic carbocycles. The molecule has 8 heteroatoms. The quantitative estimate of drug-likeness (QED) is 0.533. The largest absolute Gasteiger partial charge is 0.376 e. The van der Waals surface area contributed by atoms with Crippen LogP contribution in [0.5, 0.6) is 0 Å². The second kappa shape index (κ2) is 10.2. The number of hydrogen-bond donors (Lipinski definition) is 2.